The lowest BCUT2D eigenvalue weighted by Gasteiger charge is -2.00. The molecule has 0 bridgehead atoms. The summed E-state index contributed by atoms with van der Waals surface area (Å²) in [6.45, 7) is 0. The molecule has 0 heterocycles. The Bertz CT molecular complexity index is 315. The van der Waals surface area contributed by atoms with E-state index >= 15 is 0 Å². The molecule has 0 saturated carbocycles. The number of hydrogen-bond donors (Lipinski definition) is 1. The van der Waals surface area contributed by atoms with Crippen LogP contribution in [0.3, 0.4) is 0 Å². The topological polar surface area (TPSA) is 20.2 Å². The molecule has 66 valence electrons. The van der Waals surface area contributed by atoms with Crippen LogP contribution in [0.1, 0.15) is 0 Å². The summed E-state index contributed by atoms with van der Waals surface area (Å²) in [6.07, 6.45) is 0. The van der Waals surface area contributed by atoms with Crippen LogP contribution >= 0.6 is 12.0 Å². The van der Waals surface area contributed by atoms with Crippen molar-refractivity contribution in [3.63, 3.8) is 0 Å². The molecule has 6 heteroatoms. The Balaban J connectivity index is 3.40. The summed E-state index contributed by atoms with van der Waals surface area (Å²) in [5.41, 5.74) is 0. The molecule has 0 aliphatic carbocycles. The van der Waals surface area contributed by atoms with Crippen molar-refractivity contribution in [3.8, 4) is 0 Å². The first-order valence-electron chi connectivity index (χ1n) is 2.72. The molecule has 1 aromatic carbocycles. The molecule has 0 aliphatic rings. The molecule has 0 aromatic heterocycles. The van der Waals surface area contributed by atoms with Gasteiger partial charge in [0.2, 0.25) is 0 Å². The van der Waals surface area contributed by atoms with Crippen LogP contribution < -0.4 is 0 Å². The van der Waals surface area contributed by atoms with Gasteiger partial charge in [0, 0.05) is 18.1 Å². The largest absolute Gasteiger partial charge is 0.325 e. The molecule has 0 atom stereocenters. The highest BCUT2D eigenvalue weighted by molar-refractivity contribution is 7.93. The standard InChI is InChI=1S/C6H2F4OS/c7-2-1-3(8)6(12-11)5(10)4(2)9/h1,11H. The van der Waals surface area contributed by atoms with Crippen molar-refractivity contribution < 1.29 is 22.1 Å². The van der Waals surface area contributed by atoms with E-state index in [2.05, 4.69) is 0 Å². The normalized spacial score (nSPS) is 10.4. The lowest BCUT2D eigenvalue weighted by Crippen LogP contribution is -1.96. The van der Waals surface area contributed by atoms with Gasteiger partial charge in [-0.25, -0.2) is 17.6 Å². The van der Waals surface area contributed by atoms with Crippen LogP contribution in [0, 0.1) is 23.3 Å². The first kappa shape index (κ1) is 9.34. The minimum absolute atomic E-state index is 0.164. The van der Waals surface area contributed by atoms with E-state index in [1.54, 1.807) is 0 Å². The Morgan fingerprint density at radius 1 is 1.00 bits per heavy atom. The first-order chi connectivity index (χ1) is 5.57. The summed E-state index contributed by atoms with van der Waals surface area (Å²) in [5, 5.41) is 0. The van der Waals surface area contributed by atoms with Crippen LogP contribution in [-0.4, -0.2) is 4.55 Å². The van der Waals surface area contributed by atoms with Crippen molar-refractivity contribution in [2.45, 2.75) is 4.90 Å². The third-order valence-corrected chi connectivity index (χ3v) is 1.72. The summed E-state index contributed by atoms with van der Waals surface area (Å²) in [4.78, 5) is -0.950. The van der Waals surface area contributed by atoms with Gasteiger partial charge in [-0.3, -0.25) is 0 Å². The monoisotopic (exact) mass is 198 g/mol. The summed E-state index contributed by atoms with van der Waals surface area (Å²) in [6, 6.07) is 0.164. The summed E-state index contributed by atoms with van der Waals surface area (Å²) in [7, 11) is 0. The lowest BCUT2D eigenvalue weighted by atomic mass is 10.3. The van der Waals surface area contributed by atoms with E-state index < -0.39 is 28.2 Å². The molecule has 0 radical (unpaired) electrons. The van der Waals surface area contributed by atoms with Gasteiger partial charge < -0.3 is 4.55 Å². The van der Waals surface area contributed by atoms with Gasteiger partial charge in [-0.15, -0.1) is 0 Å². The minimum Gasteiger partial charge on any atom is -0.325 e. The van der Waals surface area contributed by atoms with Crippen molar-refractivity contribution >= 4 is 12.0 Å². The number of benzene rings is 1. The summed E-state index contributed by atoms with van der Waals surface area (Å²) in [5.74, 6) is -6.48. The molecule has 0 fully saturated rings. The van der Waals surface area contributed by atoms with Gasteiger partial charge in [0.05, 0.1) is 0 Å². The molecule has 12 heavy (non-hydrogen) atoms. The van der Waals surface area contributed by atoms with Crippen LogP contribution in [0.5, 0.6) is 0 Å². The second-order valence-electron chi connectivity index (χ2n) is 1.89. The zero-order chi connectivity index (χ0) is 9.30. The fourth-order valence-corrected chi connectivity index (χ4v) is 0.949. The van der Waals surface area contributed by atoms with E-state index in [-0.39, 0.29) is 18.1 Å². The quantitative estimate of drug-likeness (QED) is 0.324. The number of halogens is 4. The predicted octanol–water partition coefficient (Wildman–Crippen LogP) is 2.81. The fourth-order valence-electron chi connectivity index (χ4n) is 0.633. The van der Waals surface area contributed by atoms with Crippen LogP contribution in [0.4, 0.5) is 17.6 Å². The number of hydrogen-bond acceptors (Lipinski definition) is 2. The molecule has 0 saturated heterocycles. The highest BCUT2D eigenvalue weighted by atomic mass is 32.2. The molecule has 1 aromatic rings. The SMILES string of the molecule is OSc1c(F)cc(F)c(F)c1F. The Kier molecular flexibility index (Phi) is 2.58. The lowest BCUT2D eigenvalue weighted by molar-refractivity contribution is 0.413. The van der Waals surface area contributed by atoms with Crippen LogP contribution in [-0.2, 0) is 0 Å². The van der Waals surface area contributed by atoms with Gasteiger partial charge in [-0.1, -0.05) is 0 Å². The third kappa shape index (κ3) is 1.39. The maximum absolute atomic E-state index is 12.5. The van der Waals surface area contributed by atoms with E-state index in [4.69, 9.17) is 4.55 Å². The van der Waals surface area contributed by atoms with Gasteiger partial charge in [0.15, 0.2) is 17.5 Å². The molecule has 0 unspecified atom stereocenters. The zero-order valence-corrected chi connectivity index (χ0v) is 6.26. The summed E-state index contributed by atoms with van der Waals surface area (Å²) >= 11 is -0.312. The fraction of sp³-hybridized carbons (Fsp3) is 0. The molecular formula is C6H2F4OS. The summed E-state index contributed by atoms with van der Waals surface area (Å²) < 4.78 is 57.7. The highest BCUT2D eigenvalue weighted by Gasteiger charge is 2.18. The smallest absolute Gasteiger partial charge is 0.195 e. The van der Waals surface area contributed by atoms with Crippen LogP contribution in [0.25, 0.3) is 0 Å². The van der Waals surface area contributed by atoms with Gasteiger partial charge in [-0.2, -0.15) is 0 Å². The Hall–Kier alpha value is -0.750. The van der Waals surface area contributed by atoms with Crippen molar-refractivity contribution in [1.82, 2.24) is 0 Å². The van der Waals surface area contributed by atoms with Gasteiger partial charge in [0.25, 0.3) is 0 Å². The molecule has 1 N–H and O–H groups in total. The first-order valence-corrected chi connectivity index (χ1v) is 3.49. The maximum Gasteiger partial charge on any atom is 0.195 e. The Labute approximate surface area is 69.2 Å². The second kappa shape index (κ2) is 3.32. The van der Waals surface area contributed by atoms with E-state index in [0.29, 0.717) is 0 Å². The van der Waals surface area contributed by atoms with E-state index in [1.165, 1.54) is 0 Å². The molecule has 0 aliphatic heterocycles. The van der Waals surface area contributed by atoms with E-state index in [1.807, 2.05) is 0 Å². The van der Waals surface area contributed by atoms with Crippen molar-refractivity contribution in [2.75, 3.05) is 0 Å². The number of rotatable bonds is 1. The molecule has 1 nitrogen and oxygen atoms in total. The van der Waals surface area contributed by atoms with Crippen LogP contribution in [0.15, 0.2) is 11.0 Å². The molecular weight excluding hydrogens is 196 g/mol. The van der Waals surface area contributed by atoms with Crippen molar-refractivity contribution in [3.05, 3.63) is 29.3 Å². The minimum atomic E-state index is -1.80. The second-order valence-corrected chi connectivity index (χ2v) is 2.48. The van der Waals surface area contributed by atoms with Crippen molar-refractivity contribution in [2.24, 2.45) is 0 Å². The van der Waals surface area contributed by atoms with Crippen molar-refractivity contribution in [1.29, 1.82) is 0 Å². The predicted molar refractivity (Wildman–Crippen MR) is 34.8 cm³/mol. The van der Waals surface area contributed by atoms with Gasteiger partial charge in [-0.05, 0) is 0 Å². The average Bonchev–Trinajstić information content (AvgIpc) is 2.01. The Morgan fingerprint density at radius 2 is 1.58 bits per heavy atom. The highest BCUT2D eigenvalue weighted by Crippen LogP contribution is 2.25. The molecule has 0 amide bonds. The van der Waals surface area contributed by atoms with E-state index in [0.717, 1.165) is 0 Å². The molecule has 0 spiro atoms. The van der Waals surface area contributed by atoms with Gasteiger partial charge in [0.1, 0.15) is 10.7 Å². The average molecular weight is 198 g/mol. The molecule has 1 rings (SSSR count). The maximum atomic E-state index is 12.5. The third-order valence-electron chi connectivity index (χ3n) is 1.16. The zero-order valence-electron chi connectivity index (χ0n) is 5.44. The van der Waals surface area contributed by atoms with E-state index in [9.17, 15) is 17.6 Å². The Morgan fingerprint density at radius 3 is 2.08 bits per heavy atom. The van der Waals surface area contributed by atoms with Crippen LogP contribution in [0.2, 0.25) is 0 Å². The van der Waals surface area contributed by atoms with Gasteiger partial charge >= 0.3 is 0 Å².